The minimum Gasteiger partial charge on any atom is -0.311 e. The fraction of sp³-hybridized carbons (Fsp3) is 0. The molecular formula is C50H34N2. The van der Waals surface area contributed by atoms with Crippen molar-refractivity contribution in [3.63, 3.8) is 0 Å². The highest BCUT2D eigenvalue weighted by Crippen LogP contribution is 2.38. The van der Waals surface area contributed by atoms with Gasteiger partial charge in [-0.05, 0) is 111 Å². The zero-order valence-electron chi connectivity index (χ0n) is 28.5. The lowest BCUT2D eigenvalue weighted by molar-refractivity contribution is 1.18. The van der Waals surface area contributed by atoms with Gasteiger partial charge in [0.1, 0.15) is 0 Å². The van der Waals surface area contributed by atoms with Crippen LogP contribution < -0.4 is 4.90 Å². The van der Waals surface area contributed by atoms with Crippen molar-refractivity contribution >= 4 is 60.4 Å². The molecule has 0 aliphatic rings. The third-order valence-corrected chi connectivity index (χ3v) is 10.4. The van der Waals surface area contributed by atoms with Gasteiger partial charge in [-0.25, -0.2) is 0 Å². The summed E-state index contributed by atoms with van der Waals surface area (Å²) in [5.41, 5.74) is 11.7. The van der Waals surface area contributed by atoms with Gasteiger partial charge in [-0.3, -0.25) is 0 Å². The van der Waals surface area contributed by atoms with Crippen molar-refractivity contribution in [1.29, 1.82) is 0 Å². The number of aromatic nitrogens is 1. The second-order valence-electron chi connectivity index (χ2n) is 13.4. The lowest BCUT2D eigenvalue weighted by Gasteiger charge is -2.26. The van der Waals surface area contributed by atoms with Crippen molar-refractivity contribution in [1.82, 2.24) is 4.57 Å². The fourth-order valence-electron chi connectivity index (χ4n) is 7.82. The molecule has 0 N–H and O–H groups in total. The number of nitrogens with zero attached hydrogens (tertiary/aromatic N) is 2. The van der Waals surface area contributed by atoms with Gasteiger partial charge >= 0.3 is 0 Å². The molecule has 0 saturated heterocycles. The van der Waals surface area contributed by atoms with E-state index in [2.05, 4.69) is 216 Å². The summed E-state index contributed by atoms with van der Waals surface area (Å²) in [6.45, 7) is 0. The number of rotatable bonds is 6. The molecule has 2 nitrogen and oxygen atoms in total. The first-order chi connectivity index (χ1) is 25.8. The molecule has 0 atom stereocenters. The monoisotopic (exact) mass is 662 g/mol. The molecule has 52 heavy (non-hydrogen) atoms. The third kappa shape index (κ3) is 5.12. The normalized spacial score (nSPS) is 11.5. The second-order valence-corrected chi connectivity index (χ2v) is 13.4. The first-order valence-corrected chi connectivity index (χ1v) is 17.8. The molecule has 1 heterocycles. The summed E-state index contributed by atoms with van der Waals surface area (Å²) >= 11 is 0. The Morgan fingerprint density at radius 1 is 0.288 bits per heavy atom. The maximum atomic E-state index is 2.36. The van der Waals surface area contributed by atoms with E-state index in [1.807, 2.05) is 0 Å². The number of hydrogen-bond donors (Lipinski definition) is 0. The van der Waals surface area contributed by atoms with E-state index in [1.54, 1.807) is 0 Å². The molecular weight excluding hydrogens is 629 g/mol. The van der Waals surface area contributed by atoms with Gasteiger partial charge in [0.2, 0.25) is 0 Å². The van der Waals surface area contributed by atoms with E-state index in [9.17, 15) is 0 Å². The summed E-state index contributed by atoms with van der Waals surface area (Å²) in [6.07, 6.45) is 0. The zero-order valence-corrected chi connectivity index (χ0v) is 28.5. The third-order valence-electron chi connectivity index (χ3n) is 10.4. The Labute approximate surface area is 303 Å². The molecule has 2 heteroatoms. The summed E-state index contributed by atoms with van der Waals surface area (Å²) in [6, 6.07) is 74.6. The highest BCUT2D eigenvalue weighted by Gasteiger charge is 2.15. The predicted octanol–water partition coefficient (Wildman–Crippen LogP) is 13.9. The Bertz CT molecular complexity index is 2810. The molecule has 244 valence electrons. The number of benzene rings is 9. The summed E-state index contributed by atoms with van der Waals surface area (Å²) in [4.78, 5) is 2.33. The molecule has 0 amide bonds. The summed E-state index contributed by atoms with van der Waals surface area (Å²) < 4.78 is 2.36. The Hall–Kier alpha value is -6.90. The SMILES string of the molecule is c1ccc(N(c2ccc(-c3ccc(-n4c5ccccc5c5ccccc54)cc3)cc2)c2ccc(-c3ccc4ccc5ccccc5c4c3)cc2)cc1. The Morgan fingerprint density at radius 2 is 0.712 bits per heavy atom. The van der Waals surface area contributed by atoms with Gasteiger partial charge in [0, 0.05) is 33.5 Å². The lowest BCUT2D eigenvalue weighted by atomic mass is 9.97. The standard InChI is InChI=1S/C50H34N2/c1-2-11-41(12-3-1)51(43-30-26-37(27-31-43)40-21-20-39-19-18-38-10-4-5-13-45(38)48(39)34-40)42-28-22-35(23-29-42)36-24-32-44(33-25-36)52-49-16-8-6-14-46(49)47-15-7-9-17-50(47)52/h1-34H. The van der Waals surface area contributed by atoms with Gasteiger partial charge < -0.3 is 9.47 Å². The van der Waals surface area contributed by atoms with Crippen LogP contribution >= 0.6 is 0 Å². The van der Waals surface area contributed by atoms with Crippen LogP contribution in [0.3, 0.4) is 0 Å². The highest BCUT2D eigenvalue weighted by atomic mass is 15.1. The van der Waals surface area contributed by atoms with Crippen LogP contribution in [0, 0.1) is 0 Å². The van der Waals surface area contributed by atoms with Crippen LogP contribution in [0.2, 0.25) is 0 Å². The second kappa shape index (κ2) is 12.5. The largest absolute Gasteiger partial charge is 0.311 e. The van der Waals surface area contributed by atoms with Crippen LogP contribution in [0.1, 0.15) is 0 Å². The van der Waals surface area contributed by atoms with E-state index in [0.29, 0.717) is 0 Å². The van der Waals surface area contributed by atoms with Crippen molar-refractivity contribution < 1.29 is 0 Å². The number of anilines is 3. The number of fused-ring (bicyclic) bond motifs is 6. The summed E-state index contributed by atoms with van der Waals surface area (Å²) in [5, 5.41) is 7.65. The molecule has 0 spiro atoms. The quantitative estimate of drug-likeness (QED) is 0.161. The van der Waals surface area contributed by atoms with Gasteiger partial charge in [0.25, 0.3) is 0 Å². The molecule has 10 aromatic rings. The van der Waals surface area contributed by atoms with E-state index < -0.39 is 0 Å². The predicted molar refractivity (Wildman–Crippen MR) is 221 cm³/mol. The van der Waals surface area contributed by atoms with Gasteiger partial charge in [0.05, 0.1) is 11.0 Å². The molecule has 0 radical (unpaired) electrons. The molecule has 10 rings (SSSR count). The van der Waals surface area contributed by atoms with Crippen LogP contribution in [0.25, 0.3) is 71.3 Å². The maximum absolute atomic E-state index is 2.36. The lowest BCUT2D eigenvalue weighted by Crippen LogP contribution is -2.09. The zero-order chi connectivity index (χ0) is 34.4. The van der Waals surface area contributed by atoms with E-state index >= 15 is 0 Å². The average molecular weight is 663 g/mol. The van der Waals surface area contributed by atoms with Gasteiger partial charge in [-0.1, -0.05) is 140 Å². The van der Waals surface area contributed by atoms with Crippen LogP contribution in [-0.2, 0) is 0 Å². The number of para-hydroxylation sites is 3. The van der Waals surface area contributed by atoms with E-state index in [0.717, 1.165) is 22.7 Å². The highest BCUT2D eigenvalue weighted by molar-refractivity contribution is 6.10. The first kappa shape index (κ1) is 30.0. The van der Waals surface area contributed by atoms with Crippen LogP contribution in [0.5, 0.6) is 0 Å². The van der Waals surface area contributed by atoms with Gasteiger partial charge in [-0.2, -0.15) is 0 Å². The van der Waals surface area contributed by atoms with Crippen molar-refractivity contribution in [3.8, 4) is 27.9 Å². The van der Waals surface area contributed by atoms with Crippen molar-refractivity contribution in [3.05, 3.63) is 206 Å². The fourth-order valence-corrected chi connectivity index (χ4v) is 7.82. The molecule has 9 aromatic carbocycles. The van der Waals surface area contributed by atoms with Crippen LogP contribution in [0.15, 0.2) is 206 Å². The Morgan fingerprint density at radius 3 is 1.33 bits per heavy atom. The minimum absolute atomic E-state index is 1.11. The smallest absolute Gasteiger partial charge is 0.0541 e. The molecule has 0 aliphatic carbocycles. The Balaban J connectivity index is 0.968. The Kier molecular flexibility index (Phi) is 7.18. The van der Waals surface area contributed by atoms with Crippen molar-refractivity contribution in [2.75, 3.05) is 4.90 Å². The molecule has 0 aliphatic heterocycles. The van der Waals surface area contributed by atoms with E-state index in [4.69, 9.17) is 0 Å². The minimum atomic E-state index is 1.11. The first-order valence-electron chi connectivity index (χ1n) is 17.8. The topological polar surface area (TPSA) is 8.17 Å². The van der Waals surface area contributed by atoms with E-state index in [1.165, 1.54) is 65.6 Å². The van der Waals surface area contributed by atoms with Gasteiger partial charge in [0.15, 0.2) is 0 Å². The van der Waals surface area contributed by atoms with Crippen LogP contribution in [-0.4, -0.2) is 4.57 Å². The summed E-state index contributed by atoms with van der Waals surface area (Å²) in [5.74, 6) is 0. The van der Waals surface area contributed by atoms with Crippen molar-refractivity contribution in [2.45, 2.75) is 0 Å². The average Bonchev–Trinajstić information content (AvgIpc) is 3.56. The number of hydrogen-bond acceptors (Lipinski definition) is 1. The maximum Gasteiger partial charge on any atom is 0.0541 e. The molecule has 1 aromatic heterocycles. The molecule has 0 unspecified atom stereocenters. The molecule has 0 bridgehead atoms. The van der Waals surface area contributed by atoms with E-state index in [-0.39, 0.29) is 0 Å². The van der Waals surface area contributed by atoms with Crippen molar-refractivity contribution in [2.24, 2.45) is 0 Å². The van der Waals surface area contributed by atoms with Gasteiger partial charge in [-0.15, -0.1) is 0 Å². The summed E-state index contributed by atoms with van der Waals surface area (Å²) in [7, 11) is 0. The molecule has 0 fully saturated rings. The van der Waals surface area contributed by atoms with Crippen LogP contribution in [0.4, 0.5) is 17.1 Å². The molecule has 0 saturated carbocycles.